The van der Waals surface area contributed by atoms with E-state index >= 15 is 0 Å². The molecule has 160 valence electrons. The highest BCUT2D eigenvalue weighted by Crippen LogP contribution is 2.30. The quantitative estimate of drug-likeness (QED) is 0.591. The first-order valence-electron chi connectivity index (χ1n) is 9.22. The first kappa shape index (κ1) is 21.8. The molecular weight excluding hydrogens is 404 g/mol. The van der Waals surface area contributed by atoms with Crippen LogP contribution in [-0.4, -0.2) is 42.5 Å². The molecule has 0 aromatic heterocycles. The number of amides is 1. The number of likely N-dealkylation sites (tertiary alicyclic amines) is 1. The van der Waals surface area contributed by atoms with Gasteiger partial charge in [-0.3, -0.25) is 14.5 Å². The number of carbonyl (C=O) groups excluding carboxylic acids is 2. The van der Waals surface area contributed by atoms with Crippen LogP contribution in [0.2, 0.25) is 0 Å². The Hall–Kier alpha value is -2.94. The topological polar surface area (TPSA) is 58.6 Å². The standard InChI is InChI=1S/C21H20F4N2O3/c1-30-20(29)18-10-15(26-19(28)16-7-2-3-8-17(16)22)12-27(18)11-13-5-4-6-14(9-13)21(23,24)25/h2-9,15,18H,10-12H2,1H3,(H,26,28)/t15-,18-/m0/s1. The molecule has 2 aromatic rings. The number of ether oxygens (including phenoxy) is 1. The fourth-order valence-corrected chi connectivity index (χ4v) is 3.55. The third kappa shape index (κ3) is 4.96. The molecule has 5 nitrogen and oxygen atoms in total. The molecule has 1 heterocycles. The number of rotatable bonds is 5. The Bertz CT molecular complexity index is 932. The van der Waals surface area contributed by atoms with Crippen LogP contribution in [-0.2, 0) is 22.3 Å². The summed E-state index contributed by atoms with van der Waals surface area (Å²) >= 11 is 0. The van der Waals surface area contributed by atoms with Gasteiger partial charge in [0.05, 0.1) is 18.2 Å². The third-order valence-electron chi connectivity index (χ3n) is 4.97. The van der Waals surface area contributed by atoms with Gasteiger partial charge in [-0.25, -0.2) is 4.39 Å². The molecule has 30 heavy (non-hydrogen) atoms. The van der Waals surface area contributed by atoms with E-state index in [-0.39, 0.29) is 25.1 Å². The van der Waals surface area contributed by atoms with Gasteiger partial charge in [0.1, 0.15) is 11.9 Å². The van der Waals surface area contributed by atoms with Gasteiger partial charge in [0.15, 0.2) is 0 Å². The summed E-state index contributed by atoms with van der Waals surface area (Å²) in [6.07, 6.45) is -4.27. The van der Waals surface area contributed by atoms with Gasteiger partial charge in [-0.2, -0.15) is 13.2 Å². The monoisotopic (exact) mass is 424 g/mol. The number of alkyl halides is 3. The van der Waals surface area contributed by atoms with E-state index < -0.39 is 41.5 Å². The Morgan fingerprint density at radius 1 is 1.17 bits per heavy atom. The summed E-state index contributed by atoms with van der Waals surface area (Å²) in [4.78, 5) is 26.2. The van der Waals surface area contributed by atoms with Crippen molar-refractivity contribution < 1.29 is 31.9 Å². The van der Waals surface area contributed by atoms with Crippen LogP contribution in [0.5, 0.6) is 0 Å². The zero-order valence-electron chi connectivity index (χ0n) is 16.1. The van der Waals surface area contributed by atoms with Crippen molar-refractivity contribution in [2.75, 3.05) is 13.7 Å². The van der Waals surface area contributed by atoms with Crippen LogP contribution < -0.4 is 5.32 Å². The van der Waals surface area contributed by atoms with E-state index in [0.29, 0.717) is 5.56 Å². The lowest BCUT2D eigenvalue weighted by molar-refractivity contribution is -0.146. The first-order valence-corrected chi connectivity index (χ1v) is 9.22. The Balaban J connectivity index is 1.75. The maximum absolute atomic E-state index is 13.8. The number of halogens is 4. The van der Waals surface area contributed by atoms with Crippen LogP contribution in [0.1, 0.15) is 27.9 Å². The van der Waals surface area contributed by atoms with Crippen LogP contribution in [0, 0.1) is 5.82 Å². The van der Waals surface area contributed by atoms with Crippen molar-refractivity contribution in [1.82, 2.24) is 10.2 Å². The number of methoxy groups -OCH3 is 1. The van der Waals surface area contributed by atoms with E-state index in [1.165, 1.54) is 43.5 Å². The number of esters is 1. The molecule has 1 aliphatic rings. The molecule has 0 unspecified atom stereocenters. The average Bonchev–Trinajstić information content (AvgIpc) is 3.09. The second-order valence-corrected chi connectivity index (χ2v) is 7.05. The van der Waals surface area contributed by atoms with Crippen molar-refractivity contribution in [3.8, 4) is 0 Å². The van der Waals surface area contributed by atoms with Crippen LogP contribution in [0.3, 0.4) is 0 Å². The average molecular weight is 424 g/mol. The molecular formula is C21H20F4N2O3. The lowest BCUT2D eigenvalue weighted by atomic mass is 10.1. The maximum atomic E-state index is 13.8. The van der Waals surface area contributed by atoms with Gasteiger partial charge in [0.2, 0.25) is 0 Å². The molecule has 9 heteroatoms. The summed E-state index contributed by atoms with van der Waals surface area (Å²) in [6.45, 7) is 0.270. The first-order chi connectivity index (χ1) is 14.2. The van der Waals surface area contributed by atoms with Gasteiger partial charge in [-0.05, 0) is 30.2 Å². The molecule has 0 radical (unpaired) electrons. The highest BCUT2D eigenvalue weighted by atomic mass is 19.4. The zero-order chi connectivity index (χ0) is 21.9. The predicted octanol–water partition coefficient (Wildman–Crippen LogP) is 3.39. The minimum absolute atomic E-state index is 0.0652. The van der Waals surface area contributed by atoms with Gasteiger partial charge < -0.3 is 10.1 Å². The number of benzene rings is 2. The van der Waals surface area contributed by atoms with Crippen molar-refractivity contribution in [2.24, 2.45) is 0 Å². The Labute approximate surface area is 170 Å². The summed E-state index contributed by atoms with van der Waals surface area (Å²) in [5.41, 5.74) is -0.526. The lowest BCUT2D eigenvalue weighted by Gasteiger charge is -2.22. The molecule has 1 N–H and O–H groups in total. The van der Waals surface area contributed by atoms with Gasteiger partial charge in [0.25, 0.3) is 5.91 Å². The van der Waals surface area contributed by atoms with E-state index in [2.05, 4.69) is 5.32 Å². The van der Waals surface area contributed by atoms with E-state index in [9.17, 15) is 27.2 Å². The highest BCUT2D eigenvalue weighted by Gasteiger charge is 2.38. The largest absolute Gasteiger partial charge is 0.468 e. The summed E-state index contributed by atoms with van der Waals surface area (Å²) in [5, 5.41) is 2.69. The SMILES string of the molecule is COC(=O)[C@@H]1C[C@H](NC(=O)c2ccccc2F)CN1Cc1cccc(C(F)(F)F)c1. The molecule has 0 bridgehead atoms. The molecule has 1 amide bonds. The van der Waals surface area contributed by atoms with Crippen molar-refractivity contribution >= 4 is 11.9 Å². The molecule has 1 fully saturated rings. The number of nitrogens with one attached hydrogen (secondary N) is 1. The molecule has 2 atom stereocenters. The van der Waals surface area contributed by atoms with Crippen LogP contribution in [0.4, 0.5) is 17.6 Å². The molecule has 0 spiro atoms. The van der Waals surface area contributed by atoms with Gasteiger partial charge in [0, 0.05) is 19.1 Å². The zero-order valence-corrected chi connectivity index (χ0v) is 16.1. The summed E-state index contributed by atoms with van der Waals surface area (Å²) in [7, 11) is 1.22. The highest BCUT2D eigenvalue weighted by molar-refractivity contribution is 5.94. The van der Waals surface area contributed by atoms with Crippen molar-refractivity contribution in [3.05, 3.63) is 71.0 Å². The van der Waals surface area contributed by atoms with E-state index in [1.54, 1.807) is 4.90 Å². The second-order valence-electron chi connectivity index (χ2n) is 7.05. The van der Waals surface area contributed by atoms with Crippen LogP contribution >= 0.6 is 0 Å². The van der Waals surface area contributed by atoms with E-state index in [4.69, 9.17) is 4.74 Å². The minimum Gasteiger partial charge on any atom is -0.468 e. The molecule has 3 rings (SSSR count). The van der Waals surface area contributed by atoms with E-state index in [0.717, 1.165) is 12.1 Å². The summed E-state index contributed by atoms with van der Waals surface area (Å²) in [6, 6.07) is 9.12. The van der Waals surface area contributed by atoms with Crippen LogP contribution in [0.15, 0.2) is 48.5 Å². The second kappa shape index (κ2) is 8.83. The summed E-state index contributed by atoms with van der Waals surface area (Å²) < 4.78 is 57.6. The third-order valence-corrected chi connectivity index (χ3v) is 4.97. The lowest BCUT2D eigenvalue weighted by Crippen LogP contribution is -2.38. The van der Waals surface area contributed by atoms with Gasteiger partial charge in [-0.1, -0.05) is 30.3 Å². The Kier molecular flexibility index (Phi) is 6.40. The van der Waals surface area contributed by atoms with Crippen LogP contribution in [0.25, 0.3) is 0 Å². The molecule has 0 aliphatic carbocycles. The summed E-state index contributed by atoms with van der Waals surface area (Å²) in [5.74, 6) is -1.84. The fourth-order valence-electron chi connectivity index (χ4n) is 3.55. The minimum atomic E-state index is -4.47. The maximum Gasteiger partial charge on any atom is 0.416 e. The normalized spacial score (nSPS) is 19.5. The number of hydrogen-bond acceptors (Lipinski definition) is 4. The van der Waals surface area contributed by atoms with E-state index in [1.807, 2.05) is 0 Å². The number of hydrogen-bond donors (Lipinski definition) is 1. The van der Waals surface area contributed by atoms with Crippen molar-refractivity contribution in [3.63, 3.8) is 0 Å². The number of nitrogens with zero attached hydrogens (tertiary/aromatic N) is 1. The Morgan fingerprint density at radius 2 is 1.90 bits per heavy atom. The molecule has 0 saturated carbocycles. The van der Waals surface area contributed by atoms with Gasteiger partial charge >= 0.3 is 12.1 Å². The molecule has 1 saturated heterocycles. The van der Waals surface area contributed by atoms with Crippen molar-refractivity contribution in [2.45, 2.75) is 31.2 Å². The predicted molar refractivity (Wildman–Crippen MR) is 99.9 cm³/mol. The van der Waals surface area contributed by atoms with Gasteiger partial charge in [-0.15, -0.1) is 0 Å². The number of carbonyl (C=O) groups is 2. The molecule has 1 aliphatic heterocycles. The molecule has 2 aromatic carbocycles. The Morgan fingerprint density at radius 3 is 2.57 bits per heavy atom. The fraction of sp³-hybridized carbons (Fsp3) is 0.333. The van der Waals surface area contributed by atoms with Crippen molar-refractivity contribution in [1.29, 1.82) is 0 Å². The smallest absolute Gasteiger partial charge is 0.416 e.